The van der Waals surface area contributed by atoms with Gasteiger partial charge < -0.3 is 9.84 Å². The largest absolute Gasteiger partial charge is 0.490 e. The number of hydrogen-bond acceptors (Lipinski definition) is 4. The van der Waals surface area contributed by atoms with Gasteiger partial charge in [0.05, 0.1) is 18.1 Å². The van der Waals surface area contributed by atoms with Gasteiger partial charge in [-0.2, -0.15) is 0 Å². The Morgan fingerprint density at radius 3 is 2.61 bits per heavy atom. The Bertz CT molecular complexity index is 417. The van der Waals surface area contributed by atoms with Crippen molar-refractivity contribution < 1.29 is 14.8 Å². The van der Waals surface area contributed by atoms with Crippen molar-refractivity contribution in [1.29, 1.82) is 0 Å². The number of aryl methyl sites for hydroxylation is 1. The molecule has 100 valence electrons. The molecule has 1 unspecified atom stereocenters. The van der Waals surface area contributed by atoms with Crippen LogP contribution in [-0.4, -0.2) is 23.2 Å². The minimum atomic E-state index is -0.457. The van der Waals surface area contributed by atoms with Crippen LogP contribution in [0.2, 0.25) is 0 Å². The van der Waals surface area contributed by atoms with E-state index in [9.17, 15) is 15.2 Å². The molecule has 1 aromatic rings. The monoisotopic (exact) mass is 253 g/mol. The molecule has 0 saturated carbocycles. The van der Waals surface area contributed by atoms with E-state index < -0.39 is 4.92 Å². The summed E-state index contributed by atoms with van der Waals surface area (Å²) in [6.45, 7) is 3.89. The van der Waals surface area contributed by atoms with E-state index in [2.05, 4.69) is 0 Å². The second-order valence-electron chi connectivity index (χ2n) is 4.61. The molecule has 1 rings (SSSR count). The molecule has 0 aliphatic carbocycles. The van der Waals surface area contributed by atoms with Crippen molar-refractivity contribution in [3.63, 3.8) is 0 Å². The number of nitrogens with zero attached hydrogens (tertiary/aromatic N) is 1. The van der Waals surface area contributed by atoms with Crippen LogP contribution < -0.4 is 4.74 Å². The van der Waals surface area contributed by atoms with Crippen LogP contribution in [0.15, 0.2) is 18.2 Å². The summed E-state index contributed by atoms with van der Waals surface area (Å²) in [7, 11) is 1.41. The molecule has 5 nitrogen and oxygen atoms in total. The zero-order valence-corrected chi connectivity index (χ0v) is 10.9. The van der Waals surface area contributed by atoms with Crippen LogP contribution in [0.1, 0.15) is 25.8 Å². The van der Waals surface area contributed by atoms with Crippen LogP contribution in [0, 0.1) is 16.0 Å². The van der Waals surface area contributed by atoms with E-state index >= 15 is 0 Å². The fourth-order valence-electron chi connectivity index (χ4n) is 1.68. The maximum atomic E-state index is 10.9. The molecule has 0 amide bonds. The lowest BCUT2D eigenvalue weighted by molar-refractivity contribution is -0.385. The summed E-state index contributed by atoms with van der Waals surface area (Å²) in [5.41, 5.74) is 0.802. The number of methoxy groups -OCH3 is 1. The predicted octanol–water partition coefficient (Wildman–Crippen LogP) is 2.55. The zero-order chi connectivity index (χ0) is 13.7. The molecule has 0 bridgehead atoms. The molecule has 1 aromatic carbocycles. The van der Waals surface area contributed by atoms with Gasteiger partial charge in [0.2, 0.25) is 0 Å². The highest BCUT2D eigenvalue weighted by Gasteiger charge is 2.16. The van der Waals surface area contributed by atoms with Crippen molar-refractivity contribution in [3.8, 4) is 5.75 Å². The van der Waals surface area contributed by atoms with E-state index in [1.165, 1.54) is 13.2 Å². The number of aliphatic hydroxyl groups excluding tert-OH is 1. The quantitative estimate of drug-likeness (QED) is 0.624. The molecule has 0 saturated heterocycles. The summed E-state index contributed by atoms with van der Waals surface area (Å²) in [6.07, 6.45) is 0.830. The molecular formula is C13H19NO4. The average molecular weight is 253 g/mol. The molecule has 0 heterocycles. The summed E-state index contributed by atoms with van der Waals surface area (Å²) < 4.78 is 4.93. The van der Waals surface area contributed by atoms with Gasteiger partial charge in [0.25, 0.3) is 0 Å². The third-order valence-electron chi connectivity index (χ3n) is 2.94. The van der Waals surface area contributed by atoms with Crippen molar-refractivity contribution >= 4 is 5.69 Å². The van der Waals surface area contributed by atoms with Gasteiger partial charge in [-0.1, -0.05) is 19.9 Å². The van der Waals surface area contributed by atoms with Gasteiger partial charge in [0, 0.05) is 6.07 Å². The third kappa shape index (κ3) is 3.70. The van der Waals surface area contributed by atoms with E-state index in [4.69, 9.17) is 4.74 Å². The SMILES string of the molecule is COc1ccc(CCC(O)C(C)C)cc1[N+](=O)[O-]. The summed E-state index contributed by atoms with van der Waals surface area (Å²) in [4.78, 5) is 10.4. The van der Waals surface area contributed by atoms with Crippen LogP contribution in [0.25, 0.3) is 0 Å². The Morgan fingerprint density at radius 1 is 1.44 bits per heavy atom. The van der Waals surface area contributed by atoms with E-state index in [1.54, 1.807) is 12.1 Å². The highest BCUT2D eigenvalue weighted by atomic mass is 16.6. The topological polar surface area (TPSA) is 72.6 Å². The Hall–Kier alpha value is -1.62. The van der Waals surface area contributed by atoms with Gasteiger partial charge in [0.15, 0.2) is 5.75 Å². The Labute approximate surface area is 107 Å². The molecule has 0 aliphatic rings. The van der Waals surface area contributed by atoms with Gasteiger partial charge in [0.1, 0.15) is 0 Å². The Morgan fingerprint density at radius 2 is 2.11 bits per heavy atom. The minimum Gasteiger partial charge on any atom is -0.490 e. The van der Waals surface area contributed by atoms with E-state index in [0.717, 1.165) is 5.56 Å². The van der Waals surface area contributed by atoms with Crippen LogP contribution in [0.5, 0.6) is 5.75 Å². The smallest absolute Gasteiger partial charge is 0.311 e. The van der Waals surface area contributed by atoms with Gasteiger partial charge in [-0.3, -0.25) is 10.1 Å². The average Bonchev–Trinajstić information content (AvgIpc) is 2.35. The number of rotatable bonds is 6. The first kappa shape index (κ1) is 14.4. The van der Waals surface area contributed by atoms with Crippen LogP contribution in [0.3, 0.4) is 0 Å². The Balaban J connectivity index is 2.79. The van der Waals surface area contributed by atoms with Crippen LogP contribution >= 0.6 is 0 Å². The molecule has 1 atom stereocenters. The second kappa shape index (κ2) is 6.35. The summed E-state index contributed by atoms with van der Waals surface area (Å²) in [5, 5.41) is 20.6. The normalized spacial score (nSPS) is 12.5. The first-order valence-electron chi connectivity index (χ1n) is 5.95. The lowest BCUT2D eigenvalue weighted by Crippen LogP contribution is -2.15. The zero-order valence-electron chi connectivity index (χ0n) is 10.9. The molecule has 0 fully saturated rings. The molecule has 0 spiro atoms. The minimum absolute atomic E-state index is 0.0333. The molecule has 5 heteroatoms. The number of aliphatic hydroxyl groups is 1. The van der Waals surface area contributed by atoms with Crippen molar-refractivity contribution in [2.45, 2.75) is 32.8 Å². The molecule has 0 aromatic heterocycles. The lowest BCUT2D eigenvalue weighted by Gasteiger charge is -2.14. The summed E-state index contributed by atoms with van der Waals surface area (Å²) >= 11 is 0. The highest BCUT2D eigenvalue weighted by molar-refractivity contribution is 5.48. The standard InChI is InChI=1S/C13H19NO4/c1-9(2)12(15)6-4-10-5-7-13(18-3)11(8-10)14(16)17/h5,7-9,12,15H,4,6H2,1-3H3. The van der Waals surface area contributed by atoms with Gasteiger partial charge in [-0.25, -0.2) is 0 Å². The van der Waals surface area contributed by atoms with Crippen molar-refractivity contribution in [2.24, 2.45) is 5.92 Å². The van der Waals surface area contributed by atoms with Gasteiger partial charge in [-0.05, 0) is 30.4 Å². The van der Waals surface area contributed by atoms with Gasteiger partial charge >= 0.3 is 5.69 Å². The maximum absolute atomic E-state index is 10.9. The predicted molar refractivity (Wildman–Crippen MR) is 68.8 cm³/mol. The fraction of sp³-hybridized carbons (Fsp3) is 0.538. The summed E-state index contributed by atoms with van der Waals surface area (Å²) in [6, 6.07) is 4.89. The number of benzene rings is 1. The second-order valence-corrected chi connectivity index (χ2v) is 4.61. The third-order valence-corrected chi connectivity index (χ3v) is 2.94. The lowest BCUT2D eigenvalue weighted by atomic mass is 9.99. The molecule has 0 aliphatic heterocycles. The fourth-order valence-corrected chi connectivity index (χ4v) is 1.68. The van der Waals surface area contributed by atoms with Crippen LogP contribution in [0.4, 0.5) is 5.69 Å². The Kier molecular flexibility index (Phi) is 5.09. The van der Waals surface area contributed by atoms with E-state index in [1.807, 2.05) is 13.8 Å². The first-order valence-corrected chi connectivity index (χ1v) is 5.95. The van der Waals surface area contributed by atoms with Crippen molar-refractivity contribution in [3.05, 3.63) is 33.9 Å². The highest BCUT2D eigenvalue weighted by Crippen LogP contribution is 2.28. The molecular weight excluding hydrogens is 234 g/mol. The van der Waals surface area contributed by atoms with Gasteiger partial charge in [-0.15, -0.1) is 0 Å². The number of hydrogen-bond donors (Lipinski definition) is 1. The van der Waals surface area contributed by atoms with E-state index in [0.29, 0.717) is 12.8 Å². The number of ether oxygens (including phenoxy) is 1. The number of nitro groups is 1. The molecule has 18 heavy (non-hydrogen) atoms. The summed E-state index contributed by atoms with van der Waals surface area (Å²) in [5.74, 6) is 0.450. The van der Waals surface area contributed by atoms with E-state index in [-0.39, 0.29) is 23.5 Å². The van der Waals surface area contributed by atoms with Crippen LogP contribution in [-0.2, 0) is 6.42 Å². The first-order chi connectivity index (χ1) is 8.45. The maximum Gasteiger partial charge on any atom is 0.311 e. The molecule has 1 N–H and O–H groups in total. The number of nitro benzene ring substituents is 1. The van der Waals surface area contributed by atoms with Crippen molar-refractivity contribution in [2.75, 3.05) is 7.11 Å². The molecule has 0 radical (unpaired) electrons. The van der Waals surface area contributed by atoms with Crippen molar-refractivity contribution in [1.82, 2.24) is 0 Å².